The summed E-state index contributed by atoms with van der Waals surface area (Å²) in [6.07, 6.45) is 0.894. The van der Waals surface area contributed by atoms with Crippen LogP contribution in [0.15, 0.2) is 23.1 Å². The minimum Gasteiger partial charge on any atom is -0.490 e. The van der Waals surface area contributed by atoms with Gasteiger partial charge < -0.3 is 14.8 Å². The molecule has 1 unspecified atom stereocenters. The Bertz CT molecular complexity index is 490. The summed E-state index contributed by atoms with van der Waals surface area (Å²) in [5.41, 5.74) is 0. The summed E-state index contributed by atoms with van der Waals surface area (Å²) in [5, 5.41) is 2.83. The van der Waals surface area contributed by atoms with Gasteiger partial charge in [-0.1, -0.05) is 13.8 Å². The van der Waals surface area contributed by atoms with Crippen molar-refractivity contribution in [1.29, 1.82) is 0 Å². The quantitative estimate of drug-likeness (QED) is 0.849. The van der Waals surface area contributed by atoms with Gasteiger partial charge in [0.15, 0.2) is 11.5 Å². The van der Waals surface area contributed by atoms with E-state index in [-0.39, 0.29) is 11.2 Å². The van der Waals surface area contributed by atoms with E-state index in [9.17, 15) is 4.79 Å². The standard InChI is InChI=1S/C16H23NO3S/c1-11(2)10-17-16(18)12(3)21-13-5-6-14-15(9-13)20-8-4-7-19-14/h5-6,9,11-12H,4,7-8,10H2,1-3H3,(H,17,18). The maximum atomic E-state index is 12.0. The second-order valence-electron chi connectivity index (χ2n) is 5.56. The van der Waals surface area contributed by atoms with Gasteiger partial charge >= 0.3 is 0 Å². The molecule has 1 heterocycles. The SMILES string of the molecule is CC(C)CNC(=O)C(C)Sc1ccc2c(c1)OCCCO2. The molecule has 5 heteroatoms. The first-order valence-corrected chi connectivity index (χ1v) is 8.28. The largest absolute Gasteiger partial charge is 0.490 e. The Morgan fingerprint density at radius 3 is 2.67 bits per heavy atom. The number of ether oxygens (including phenoxy) is 2. The summed E-state index contributed by atoms with van der Waals surface area (Å²) >= 11 is 1.54. The van der Waals surface area contributed by atoms with Gasteiger partial charge in [0.05, 0.1) is 18.5 Å². The summed E-state index contributed by atoms with van der Waals surface area (Å²) in [7, 11) is 0. The smallest absolute Gasteiger partial charge is 0.233 e. The number of carbonyl (C=O) groups is 1. The van der Waals surface area contributed by atoms with Crippen LogP contribution in [0.1, 0.15) is 27.2 Å². The highest BCUT2D eigenvalue weighted by atomic mass is 32.2. The van der Waals surface area contributed by atoms with Gasteiger partial charge in [-0.2, -0.15) is 0 Å². The molecule has 1 aliphatic heterocycles. The highest BCUT2D eigenvalue weighted by Crippen LogP contribution is 2.35. The Kier molecular flexibility index (Phi) is 5.79. The van der Waals surface area contributed by atoms with Crippen LogP contribution >= 0.6 is 11.8 Å². The van der Waals surface area contributed by atoms with Crippen molar-refractivity contribution in [2.45, 2.75) is 37.3 Å². The third kappa shape index (κ3) is 4.84. The Morgan fingerprint density at radius 2 is 1.95 bits per heavy atom. The van der Waals surface area contributed by atoms with E-state index in [2.05, 4.69) is 19.2 Å². The van der Waals surface area contributed by atoms with Gasteiger partial charge in [-0.05, 0) is 31.0 Å². The van der Waals surface area contributed by atoms with Crippen LogP contribution in [-0.4, -0.2) is 30.9 Å². The molecular formula is C16H23NO3S. The first-order valence-electron chi connectivity index (χ1n) is 7.40. The summed E-state index contributed by atoms with van der Waals surface area (Å²) < 4.78 is 11.3. The second-order valence-corrected chi connectivity index (χ2v) is 6.97. The summed E-state index contributed by atoms with van der Waals surface area (Å²) in [4.78, 5) is 13.0. The molecule has 1 amide bonds. The monoisotopic (exact) mass is 309 g/mol. The topological polar surface area (TPSA) is 47.6 Å². The van der Waals surface area contributed by atoms with Crippen molar-refractivity contribution in [2.24, 2.45) is 5.92 Å². The number of nitrogens with one attached hydrogen (secondary N) is 1. The number of amides is 1. The molecule has 1 aromatic rings. The van der Waals surface area contributed by atoms with E-state index in [1.165, 1.54) is 11.8 Å². The van der Waals surface area contributed by atoms with Crippen LogP contribution in [0.3, 0.4) is 0 Å². The Balaban J connectivity index is 1.96. The molecular weight excluding hydrogens is 286 g/mol. The third-order valence-corrected chi connectivity index (χ3v) is 4.18. The number of carbonyl (C=O) groups excluding carboxylic acids is 1. The van der Waals surface area contributed by atoms with Crippen molar-refractivity contribution in [1.82, 2.24) is 5.32 Å². The van der Waals surface area contributed by atoms with Crippen molar-refractivity contribution >= 4 is 17.7 Å². The average molecular weight is 309 g/mol. The molecule has 1 aliphatic rings. The third-order valence-electron chi connectivity index (χ3n) is 3.09. The van der Waals surface area contributed by atoms with Gasteiger partial charge in [-0.15, -0.1) is 11.8 Å². The Hall–Kier alpha value is -1.36. The van der Waals surface area contributed by atoms with E-state index < -0.39 is 0 Å². The summed E-state index contributed by atoms with van der Waals surface area (Å²) in [5.74, 6) is 2.09. The summed E-state index contributed by atoms with van der Waals surface area (Å²) in [6.45, 7) is 8.16. The molecule has 0 saturated carbocycles. The van der Waals surface area contributed by atoms with Crippen molar-refractivity contribution < 1.29 is 14.3 Å². The maximum Gasteiger partial charge on any atom is 0.233 e. The molecule has 0 aromatic heterocycles. The van der Waals surface area contributed by atoms with E-state index in [1.807, 2.05) is 25.1 Å². The zero-order valence-corrected chi connectivity index (χ0v) is 13.7. The number of thioether (sulfide) groups is 1. The lowest BCUT2D eigenvalue weighted by Crippen LogP contribution is -2.33. The van der Waals surface area contributed by atoms with Crippen LogP contribution in [0.2, 0.25) is 0 Å². The van der Waals surface area contributed by atoms with E-state index in [0.29, 0.717) is 25.7 Å². The Labute approximate surface area is 130 Å². The fraction of sp³-hybridized carbons (Fsp3) is 0.562. The molecule has 0 saturated heterocycles. The molecule has 0 bridgehead atoms. The fourth-order valence-corrected chi connectivity index (χ4v) is 2.84. The lowest BCUT2D eigenvalue weighted by Gasteiger charge is -2.14. The first-order chi connectivity index (χ1) is 10.1. The predicted molar refractivity (Wildman–Crippen MR) is 85.2 cm³/mol. The van der Waals surface area contributed by atoms with Crippen LogP contribution in [0.4, 0.5) is 0 Å². The lowest BCUT2D eigenvalue weighted by molar-refractivity contribution is -0.120. The minimum atomic E-state index is -0.131. The molecule has 0 spiro atoms. The van der Waals surface area contributed by atoms with Crippen LogP contribution in [0.5, 0.6) is 11.5 Å². The molecule has 2 rings (SSSR count). The van der Waals surface area contributed by atoms with Crippen molar-refractivity contribution in [3.05, 3.63) is 18.2 Å². The van der Waals surface area contributed by atoms with E-state index in [1.54, 1.807) is 0 Å². The number of benzene rings is 1. The molecule has 0 aliphatic carbocycles. The van der Waals surface area contributed by atoms with Crippen LogP contribution < -0.4 is 14.8 Å². The van der Waals surface area contributed by atoms with E-state index in [4.69, 9.17) is 9.47 Å². The number of rotatable bonds is 5. The van der Waals surface area contributed by atoms with Crippen LogP contribution in [-0.2, 0) is 4.79 Å². The molecule has 1 atom stereocenters. The molecule has 0 fully saturated rings. The van der Waals surface area contributed by atoms with Gasteiger partial charge in [0.1, 0.15) is 0 Å². The van der Waals surface area contributed by atoms with E-state index in [0.717, 1.165) is 22.8 Å². The molecule has 1 N–H and O–H groups in total. The first kappa shape index (κ1) is 16.0. The molecule has 0 radical (unpaired) electrons. The Morgan fingerprint density at radius 1 is 1.24 bits per heavy atom. The molecule has 1 aromatic carbocycles. The number of fused-ring (bicyclic) bond motifs is 1. The van der Waals surface area contributed by atoms with Gasteiger partial charge in [-0.25, -0.2) is 0 Å². The van der Waals surface area contributed by atoms with Crippen molar-refractivity contribution in [3.63, 3.8) is 0 Å². The molecule has 4 nitrogen and oxygen atoms in total. The summed E-state index contributed by atoms with van der Waals surface area (Å²) in [6, 6.07) is 5.85. The number of hydrogen-bond donors (Lipinski definition) is 1. The second kappa shape index (κ2) is 7.59. The predicted octanol–water partition coefficient (Wildman–Crippen LogP) is 3.10. The van der Waals surface area contributed by atoms with Gasteiger partial charge in [0, 0.05) is 17.9 Å². The normalized spacial score (nSPS) is 15.4. The highest BCUT2D eigenvalue weighted by Gasteiger charge is 2.16. The van der Waals surface area contributed by atoms with Gasteiger partial charge in [-0.3, -0.25) is 4.79 Å². The van der Waals surface area contributed by atoms with Crippen molar-refractivity contribution in [2.75, 3.05) is 19.8 Å². The minimum absolute atomic E-state index is 0.0702. The van der Waals surface area contributed by atoms with Crippen molar-refractivity contribution in [3.8, 4) is 11.5 Å². The molecule has 116 valence electrons. The zero-order chi connectivity index (χ0) is 15.2. The van der Waals surface area contributed by atoms with Gasteiger partial charge in [0.2, 0.25) is 5.91 Å². The fourth-order valence-electron chi connectivity index (χ4n) is 1.92. The zero-order valence-electron chi connectivity index (χ0n) is 12.8. The number of hydrogen-bond acceptors (Lipinski definition) is 4. The van der Waals surface area contributed by atoms with Crippen LogP contribution in [0.25, 0.3) is 0 Å². The van der Waals surface area contributed by atoms with E-state index >= 15 is 0 Å². The highest BCUT2D eigenvalue weighted by molar-refractivity contribution is 8.00. The average Bonchev–Trinajstić information content (AvgIpc) is 2.69. The molecule has 21 heavy (non-hydrogen) atoms. The van der Waals surface area contributed by atoms with Crippen LogP contribution in [0, 0.1) is 5.92 Å². The van der Waals surface area contributed by atoms with Gasteiger partial charge in [0.25, 0.3) is 0 Å². The lowest BCUT2D eigenvalue weighted by atomic mass is 10.2. The maximum absolute atomic E-state index is 12.0.